The first kappa shape index (κ1) is 13.5. The fourth-order valence-electron chi connectivity index (χ4n) is 1.35. The molecule has 1 amide bonds. The van der Waals surface area contributed by atoms with Crippen molar-refractivity contribution in [1.29, 1.82) is 0 Å². The summed E-state index contributed by atoms with van der Waals surface area (Å²) in [6.45, 7) is 3.90. The Bertz CT molecular complexity index is 370. The van der Waals surface area contributed by atoms with Crippen LogP contribution in [0.3, 0.4) is 0 Å². The van der Waals surface area contributed by atoms with Gasteiger partial charge in [0.25, 0.3) is 0 Å². The van der Waals surface area contributed by atoms with Gasteiger partial charge in [-0.3, -0.25) is 4.79 Å². The molecule has 0 aliphatic heterocycles. The van der Waals surface area contributed by atoms with Crippen LogP contribution < -0.4 is 5.32 Å². The smallest absolute Gasteiger partial charge is 0.234 e. The summed E-state index contributed by atoms with van der Waals surface area (Å²) < 4.78 is 0. The van der Waals surface area contributed by atoms with Crippen LogP contribution in [0, 0.1) is 0 Å². The molecule has 1 aromatic rings. The molecule has 0 aromatic heterocycles. The van der Waals surface area contributed by atoms with Crippen molar-refractivity contribution in [3.05, 3.63) is 34.9 Å². The van der Waals surface area contributed by atoms with E-state index >= 15 is 0 Å². The molecule has 0 radical (unpaired) electrons. The molecule has 0 saturated heterocycles. The number of carbonyl (C=O) groups excluding carboxylic acids is 1. The molecule has 0 heterocycles. The Morgan fingerprint density at radius 3 is 2.81 bits per heavy atom. The van der Waals surface area contributed by atoms with Crippen LogP contribution in [0.2, 0.25) is 5.02 Å². The minimum Gasteiger partial charge on any atom is -0.349 e. The number of rotatable bonds is 4. The summed E-state index contributed by atoms with van der Waals surface area (Å²) in [5, 5.41) is 3.61. The van der Waals surface area contributed by atoms with E-state index in [1.54, 1.807) is 0 Å². The second kappa shape index (κ2) is 6.26. The number of alkyl halides is 1. The van der Waals surface area contributed by atoms with Crippen LogP contribution >= 0.6 is 27.5 Å². The molecule has 88 valence electrons. The molecule has 16 heavy (non-hydrogen) atoms. The van der Waals surface area contributed by atoms with Crippen LogP contribution in [0.1, 0.15) is 31.9 Å². The van der Waals surface area contributed by atoms with Crippen molar-refractivity contribution < 1.29 is 4.79 Å². The molecule has 0 spiro atoms. The number of hydrogen-bond acceptors (Lipinski definition) is 1. The van der Waals surface area contributed by atoms with Gasteiger partial charge in [0.15, 0.2) is 0 Å². The van der Waals surface area contributed by atoms with Crippen molar-refractivity contribution >= 4 is 33.4 Å². The minimum absolute atomic E-state index is 0.00924. The number of halogens is 2. The monoisotopic (exact) mass is 303 g/mol. The summed E-state index contributed by atoms with van der Waals surface area (Å²) >= 11 is 9.21. The van der Waals surface area contributed by atoms with Gasteiger partial charge in [-0.15, -0.1) is 0 Å². The molecule has 0 aliphatic carbocycles. The highest BCUT2D eigenvalue weighted by molar-refractivity contribution is 9.10. The zero-order valence-electron chi connectivity index (χ0n) is 9.34. The summed E-state index contributed by atoms with van der Waals surface area (Å²) in [7, 11) is 0. The van der Waals surface area contributed by atoms with E-state index in [1.165, 1.54) is 0 Å². The Kier molecular flexibility index (Phi) is 5.29. The fourth-order valence-corrected chi connectivity index (χ4v) is 1.68. The Morgan fingerprint density at radius 1 is 1.56 bits per heavy atom. The van der Waals surface area contributed by atoms with E-state index < -0.39 is 0 Å². The summed E-state index contributed by atoms with van der Waals surface area (Å²) in [6.07, 6.45) is 0.772. The van der Waals surface area contributed by atoms with Crippen LogP contribution in [0.25, 0.3) is 0 Å². The third-order valence-electron chi connectivity index (χ3n) is 2.35. The summed E-state index contributed by atoms with van der Waals surface area (Å²) in [6, 6.07) is 7.48. The minimum atomic E-state index is -0.130. The summed E-state index contributed by atoms with van der Waals surface area (Å²) in [5.74, 6) is 0.00924. The van der Waals surface area contributed by atoms with Crippen LogP contribution in [0.15, 0.2) is 24.3 Å². The van der Waals surface area contributed by atoms with Gasteiger partial charge in [-0.2, -0.15) is 0 Å². The normalized spacial score (nSPS) is 14.2. The maximum absolute atomic E-state index is 11.7. The molecule has 1 unspecified atom stereocenters. The first-order chi connectivity index (χ1) is 7.54. The molecule has 4 heteroatoms. The van der Waals surface area contributed by atoms with Gasteiger partial charge in [0, 0.05) is 5.02 Å². The summed E-state index contributed by atoms with van der Waals surface area (Å²) in [5.41, 5.74) is 1.01. The van der Waals surface area contributed by atoms with E-state index in [-0.39, 0.29) is 16.8 Å². The zero-order chi connectivity index (χ0) is 12.1. The molecular formula is C12H15BrClNO. The first-order valence-corrected chi connectivity index (χ1v) is 6.54. The third kappa shape index (κ3) is 3.80. The summed E-state index contributed by atoms with van der Waals surface area (Å²) in [4.78, 5) is 11.5. The molecule has 2 atom stereocenters. The van der Waals surface area contributed by atoms with Gasteiger partial charge in [-0.1, -0.05) is 46.6 Å². The number of hydrogen-bond donors (Lipinski definition) is 1. The molecule has 0 fully saturated rings. The van der Waals surface area contributed by atoms with Crippen LogP contribution in [0.4, 0.5) is 0 Å². The Hall–Kier alpha value is -0.540. The van der Waals surface area contributed by atoms with Gasteiger partial charge in [0.05, 0.1) is 10.9 Å². The van der Waals surface area contributed by atoms with E-state index in [2.05, 4.69) is 21.2 Å². The molecule has 1 rings (SSSR count). The van der Waals surface area contributed by atoms with Crippen molar-refractivity contribution in [3.8, 4) is 0 Å². The highest BCUT2D eigenvalue weighted by Gasteiger charge is 2.15. The van der Waals surface area contributed by atoms with Crippen molar-refractivity contribution in [3.63, 3.8) is 0 Å². The number of nitrogens with one attached hydrogen (secondary N) is 1. The maximum atomic E-state index is 11.7. The quantitative estimate of drug-likeness (QED) is 0.845. The van der Waals surface area contributed by atoms with Crippen molar-refractivity contribution in [2.75, 3.05) is 0 Å². The molecule has 0 aliphatic rings. The standard InChI is InChI=1S/C12H15BrClNO/c1-3-11(13)12(16)15-8(2)9-5-4-6-10(14)7-9/h4-8,11H,3H2,1-2H3,(H,15,16)/t8-,11?/m1/s1. The first-order valence-electron chi connectivity index (χ1n) is 5.24. The van der Waals surface area contributed by atoms with Gasteiger partial charge in [-0.25, -0.2) is 0 Å². The molecule has 0 bridgehead atoms. The molecule has 2 nitrogen and oxygen atoms in total. The second-order valence-corrected chi connectivity index (χ2v) is 5.20. The molecule has 1 aromatic carbocycles. The molecule has 0 saturated carbocycles. The highest BCUT2D eigenvalue weighted by Crippen LogP contribution is 2.18. The van der Waals surface area contributed by atoms with Crippen LogP contribution in [-0.2, 0) is 4.79 Å². The van der Waals surface area contributed by atoms with E-state index in [0.29, 0.717) is 5.02 Å². The lowest BCUT2D eigenvalue weighted by Gasteiger charge is -2.16. The Balaban J connectivity index is 2.65. The van der Waals surface area contributed by atoms with Gasteiger partial charge in [0.2, 0.25) is 5.91 Å². The average molecular weight is 305 g/mol. The van der Waals surface area contributed by atoms with Gasteiger partial charge in [-0.05, 0) is 31.0 Å². The predicted molar refractivity (Wildman–Crippen MR) is 71.0 cm³/mol. The highest BCUT2D eigenvalue weighted by atomic mass is 79.9. The second-order valence-electron chi connectivity index (χ2n) is 3.66. The predicted octanol–water partition coefficient (Wildman–Crippen LogP) is 3.69. The maximum Gasteiger partial charge on any atom is 0.234 e. The SMILES string of the molecule is CCC(Br)C(=O)N[C@H](C)c1cccc(Cl)c1. The number of carbonyl (C=O) groups is 1. The van der Waals surface area contributed by atoms with E-state index in [1.807, 2.05) is 38.1 Å². The van der Waals surface area contributed by atoms with E-state index in [9.17, 15) is 4.79 Å². The fraction of sp³-hybridized carbons (Fsp3) is 0.417. The van der Waals surface area contributed by atoms with Gasteiger partial charge in [0.1, 0.15) is 0 Å². The van der Waals surface area contributed by atoms with Gasteiger partial charge >= 0.3 is 0 Å². The van der Waals surface area contributed by atoms with Gasteiger partial charge < -0.3 is 5.32 Å². The Morgan fingerprint density at radius 2 is 2.25 bits per heavy atom. The van der Waals surface area contributed by atoms with Crippen LogP contribution in [-0.4, -0.2) is 10.7 Å². The topological polar surface area (TPSA) is 29.1 Å². The third-order valence-corrected chi connectivity index (χ3v) is 3.65. The van der Waals surface area contributed by atoms with Crippen molar-refractivity contribution in [2.45, 2.75) is 31.1 Å². The number of amides is 1. The Labute approximate surface area is 110 Å². The van der Waals surface area contributed by atoms with E-state index in [4.69, 9.17) is 11.6 Å². The molecule has 1 N–H and O–H groups in total. The van der Waals surface area contributed by atoms with E-state index in [0.717, 1.165) is 12.0 Å². The molecular weight excluding hydrogens is 289 g/mol. The van der Waals surface area contributed by atoms with Crippen molar-refractivity contribution in [2.24, 2.45) is 0 Å². The van der Waals surface area contributed by atoms with Crippen LogP contribution in [0.5, 0.6) is 0 Å². The van der Waals surface area contributed by atoms with Crippen molar-refractivity contribution in [1.82, 2.24) is 5.32 Å². The lowest BCUT2D eigenvalue weighted by Crippen LogP contribution is -2.32. The number of benzene rings is 1. The average Bonchev–Trinajstić information content (AvgIpc) is 2.27. The zero-order valence-corrected chi connectivity index (χ0v) is 11.7. The lowest BCUT2D eigenvalue weighted by atomic mass is 10.1. The largest absolute Gasteiger partial charge is 0.349 e. The lowest BCUT2D eigenvalue weighted by molar-refractivity contribution is -0.121.